The first-order chi connectivity index (χ1) is 13.0. The van der Waals surface area contributed by atoms with Gasteiger partial charge in [-0.05, 0) is 49.2 Å². The summed E-state index contributed by atoms with van der Waals surface area (Å²) in [5.74, 6) is 0.0840. The van der Waals surface area contributed by atoms with Crippen LogP contribution in [-0.4, -0.2) is 31.4 Å². The van der Waals surface area contributed by atoms with Crippen LogP contribution in [0.1, 0.15) is 25.7 Å². The summed E-state index contributed by atoms with van der Waals surface area (Å²) in [6.45, 7) is 3.45. The van der Waals surface area contributed by atoms with E-state index in [9.17, 15) is 4.79 Å². The van der Waals surface area contributed by atoms with Crippen LogP contribution in [0.3, 0.4) is 0 Å². The van der Waals surface area contributed by atoms with Gasteiger partial charge in [0.2, 0.25) is 0 Å². The van der Waals surface area contributed by atoms with Gasteiger partial charge in [0, 0.05) is 41.6 Å². The van der Waals surface area contributed by atoms with Crippen LogP contribution in [0.4, 0.5) is 5.69 Å². The third kappa shape index (κ3) is 5.20. The van der Waals surface area contributed by atoms with Crippen LogP contribution < -0.4 is 4.90 Å². The van der Waals surface area contributed by atoms with Crippen LogP contribution in [0.25, 0.3) is 0 Å². The summed E-state index contributed by atoms with van der Waals surface area (Å²) >= 11 is 1.76. The van der Waals surface area contributed by atoms with Gasteiger partial charge in [-0.3, -0.25) is 4.79 Å². The number of carbonyl (C=O) groups is 1. The molecule has 0 fully saturated rings. The van der Waals surface area contributed by atoms with E-state index in [2.05, 4.69) is 31.2 Å². The quantitative estimate of drug-likeness (QED) is 0.577. The molecular formula is C23H26N2OS. The molecule has 1 amide bonds. The number of hydrogen-bond donors (Lipinski definition) is 0. The minimum atomic E-state index is 0.0840. The molecule has 0 unspecified atom stereocenters. The molecule has 0 saturated heterocycles. The van der Waals surface area contributed by atoms with Gasteiger partial charge in [-0.1, -0.05) is 36.4 Å². The van der Waals surface area contributed by atoms with Crippen molar-refractivity contribution in [3.05, 3.63) is 87.6 Å². The molecule has 3 aromatic rings. The van der Waals surface area contributed by atoms with E-state index in [0.29, 0.717) is 13.1 Å². The summed E-state index contributed by atoms with van der Waals surface area (Å²) < 4.78 is 0. The summed E-state index contributed by atoms with van der Waals surface area (Å²) in [7, 11) is 3.98. The van der Waals surface area contributed by atoms with Gasteiger partial charge in [0.25, 0.3) is 5.91 Å². The van der Waals surface area contributed by atoms with Crippen molar-refractivity contribution in [3.8, 4) is 0 Å². The molecule has 1 heterocycles. The number of amides is 1. The standard InChI is InChI=1S/C23H26N2OS/c1-18-12-13-22(27-18)17-25(15-14-19-8-5-4-6-9-19)23(26)20-10-7-11-21(16-20)24(2)3/h4-13,16H,14-15,17H2,1-3H3. The Morgan fingerprint density at radius 3 is 2.41 bits per heavy atom. The van der Waals surface area contributed by atoms with Crippen LogP contribution in [0.15, 0.2) is 66.7 Å². The second-order valence-electron chi connectivity index (χ2n) is 6.92. The molecule has 140 valence electrons. The smallest absolute Gasteiger partial charge is 0.254 e. The third-order valence-corrected chi connectivity index (χ3v) is 5.54. The molecule has 0 radical (unpaired) electrons. The first-order valence-corrected chi connectivity index (χ1v) is 10.0. The summed E-state index contributed by atoms with van der Waals surface area (Å²) in [5, 5.41) is 0. The molecule has 0 aliphatic rings. The molecule has 3 rings (SSSR count). The van der Waals surface area contributed by atoms with E-state index in [4.69, 9.17) is 0 Å². The van der Waals surface area contributed by atoms with Gasteiger partial charge in [0.15, 0.2) is 0 Å². The van der Waals surface area contributed by atoms with Gasteiger partial charge in [-0.2, -0.15) is 0 Å². The predicted molar refractivity (Wildman–Crippen MR) is 115 cm³/mol. The molecule has 0 spiro atoms. The largest absolute Gasteiger partial charge is 0.378 e. The van der Waals surface area contributed by atoms with E-state index >= 15 is 0 Å². The first-order valence-electron chi connectivity index (χ1n) is 9.19. The average molecular weight is 379 g/mol. The van der Waals surface area contributed by atoms with Gasteiger partial charge in [0.1, 0.15) is 0 Å². The van der Waals surface area contributed by atoms with Crippen molar-refractivity contribution < 1.29 is 4.79 Å². The molecule has 0 saturated carbocycles. The lowest BCUT2D eigenvalue weighted by atomic mass is 10.1. The number of carbonyl (C=O) groups excluding carboxylic acids is 1. The van der Waals surface area contributed by atoms with Crippen molar-refractivity contribution in [2.45, 2.75) is 19.9 Å². The SMILES string of the molecule is Cc1ccc(CN(CCc2ccccc2)C(=O)c2cccc(N(C)C)c2)s1. The summed E-state index contributed by atoms with van der Waals surface area (Å²) in [4.78, 5) is 19.7. The van der Waals surface area contributed by atoms with E-state index in [-0.39, 0.29) is 5.91 Å². The Bertz CT molecular complexity index is 886. The highest BCUT2D eigenvalue weighted by Crippen LogP contribution is 2.20. The molecule has 3 nitrogen and oxygen atoms in total. The minimum Gasteiger partial charge on any atom is -0.378 e. The third-order valence-electron chi connectivity index (χ3n) is 4.55. The highest BCUT2D eigenvalue weighted by atomic mass is 32.1. The molecule has 0 aliphatic heterocycles. The Morgan fingerprint density at radius 2 is 1.74 bits per heavy atom. The van der Waals surface area contributed by atoms with Crippen molar-refractivity contribution in [2.75, 3.05) is 25.5 Å². The second-order valence-corrected chi connectivity index (χ2v) is 8.29. The summed E-state index contributed by atoms with van der Waals surface area (Å²) in [6.07, 6.45) is 0.851. The Kier molecular flexibility index (Phi) is 6.30. The fourth-order valence-electron chi connectivity index (χ4n) is 3.02. The topological polar surface area (TPSA) is 23.6 Å². The predicted octanol–water partition coefficient (Wildman–Crippen LogP) is 5.01. The number of benzene rings is 2. The van der Waals surface area contributed by atoms with Crippen molar-refractivity contribution in [3.63, 3.8) is 0 Å². The van der Waals surface area contributed by atoms with Gasteiger partial charge in [-0.25, -0.2) is 0 Å². The van der Waals surface area contributed by atoms with Crippen LogP contribution in [-0.2, 0) is 13.0 Å². The van der Waals surface area contributed by atoms with E-state index < -0.39 is 0 Å². The molecule has 0 atom stereocenters. The number of hydrogen-bond acceptors (Lipinski definition) is 3. The van der Waals surface area contributed by atoms with Gasteiger partial charge < -0.3 is 9.80 Å². The lowest BCUT2D eigenvalue weighted by Gasteiger charge is -2.23. The van der Waals surface area contributed by atoms with Gasteiger partial charge in [0.05, 0.1) is 6.54 Å². The van der Waals surface area contributed by atoms with Crippen LogP contribution in [0.5, 0.6) is 0 Å². The monoisotopic (exact) mass is 378 g/mol. The number of anilines is 1. The van der Waals surface area contributed by atoms with Crippen LogP contribution in [0, 0.1) is 6.92 Å². The van der Waals surface area contributed by atoms with Gasteiger partial charge in [-0.15, -0.1) is 11.3 Å². The Morgan fingerprint density at radius 1 is 0.963 bits per heavy atom. The lowest BCUT2D eigenvalue weighted by Crippen LogP contribution is -2.32. The van der Waals surface area contributed by atoms with Crippen molar-refractivity contribution in [1.29, 1.82) is 0 Å². The molecular weight excluding hydrogens is 352 g/mol. The maximum atomic E-state index is 13.3. The maximum Gasteiger partial charge on any atom is 0.254 e. The molecule has 0 bridgehead atoms. The highest BCUT2D eigenvalue weighted by molar-refractivity contribution is 7.11. The fourth-order valence-corrected chi connectivity index (χ4v) is 3.93. The summed E-state index contributed by atoms with van der Waals surface area (Å²) in [6, 6.07) is 22.4. The number of rotatable bonds is 7. The highest BCUT2D eigenvalue weighted by Gasteiger charge is 2.17. The lowest BCUT2D eigenvalue weighted by molar-refractivity contribution is 0.0747. The zero-order chi connectivity index (χ0) is 19.2. The average Bonchev–Trinajstić information content (AvgIpc) is 3.10. The molecule has 0 aliphatic carbocycles. The van der Waals surface area contributed by atoms with Gasteiger partial charge >= 0.3 is 0 Å². The van der Waals surface area contributed by atoms with Crippen molar-refractivity contribution in [1.82, 2.24) is 4.90 Å². The van der Waals surface area contributed by atoms with E-state index in [0.717, 1.165) is 17.7 Å². The number of nitrogens with zero attached hydrogens (tertiary/aromatic N) is 2. The van der Waals surface area contributed by atoms with Crippen LogP contribution >= 0.6 is 11.3 Å². The molecule has 1 aromatic heterocycles. The zero-order valence-electron chi connectivity index (χ0n) is 16.2. The first kappa shape index (κ1) is 19.2. The van der Waals surface area contributed by atoms with E-state index in [1.54, 1.807) is 11.3 Å². The summed E-state index contributed by atoms with van der Waals surface area (Å²) in [5.41, 5.74) is 3.03. The fraction of sp³-hybridized carbons (Fsp3) is 0.261. The normalized spacial score (nSPS) is 10.6. The number of thiophene rings is 1. The molecule has 4 heteroatoms. The molecule has 0 N–H and O–H groups in total. The van der Waals surface area contributed by atoms with Crippen molar-refractivity contribution in [2.24, 2.45) is 0 Å². The second kappa shape index (κ2) is 8.87. The maximum absolute atomic E-state index is 13.3. The Hall–Kier alpha value is -2.59. The Balaban J connectivity index is 1.81. The molecule has 27 heavy (non-hydrogen) atoms. The Labute approximate surface area is 165 Å². The van der Waals surface area contributed by atoms with Crippen molar-refractivity contribution >= 4 is 22.9 Å². The zero-order valence-corrected chi connectivity index (χ0v) is 17.0. The van der Waals surface area contributed by atoms with Crippen LogP contribution in [0.2, 0.25) is 0 Å². The van der Waals surface area contributed by atoms with E-state index in [1.807, 2.05) is 66.4 Å². The number of aryl methyl sites for hydroxylation is 1. The van der Waals surface area contributed by atoms with E-state index in [1.165, 1.54) is 15.3 Å². The minimum absolute atomic E-state index is 0.0840. The molecule has 2 aromatic carbocycles.